The Bertz CT molecular complexity index is 997. The number of aromatic carboxylic acids is 1. The van der Waals surface area contributed by atoms with Crippen LogP contribution in [0.1, 0.15) is 27.2 Å². The van der Waals surface area contributed by atoms with Crippen molar-refractivity contribution in [3.8, 4) is 11.3 Å². The number of fused-ring (bicyclic) bond motifs is 1. The van der Waals surface area contributed by atoms with Crippen LogP contribution in [0.5, 0.6) is 0 Å². The van der Waals surface area contributed by atoms with Crippen molar-refractivity contribution in [2.24, 2.45) is 0 Å². The van der Waals surface area contributed by atoms with Crippen LogP contribution in [0, 0.1) is 0 Å². The zero-order valence-electron chi connectivity index (χ0n) is 12.9. The van der Waals surface area contributed by atoms with Crippen LogP contribution < -0.4 is 0 Å². The van der Waals surface area contributed by atoms with E-state index in [9.17, 15) is 26.7 Å². The molecule has 0 fully saturated rings. The van der Waals surface area contributed by atoms with Gasteiger partial charge in [-0.05, 0) is 23.3 Å². The number of hydrogen-bond acceptors (Lipinski definition) is 3. The second-order valence-corrected chi connectivity index (χ2v) is 5.37. The highest BCUT2D eigenvalue weighted by Crippen LogP contribution is 2.33. The first-order valence-electron chi connectivity index (χ1n) is 7.19. The van der Waals surface area contributed by atoms with E-state index in [4.69, 9.17) is 5.11 Å². The summed E-state index contributed by atoms with van der Waals surface area (Å²) < 4.78 is 66.3. The third kappa shape index (κ3) is 2.98. The van der Waals surface area contributed by atoms with Crippen molar-refractivity contribution in [2.45, 2.75) is 19.5 Å². The van der Waals surface area contributed by atoms with Crippen molar-refractivity contribution in [3.63, 3.8) is 0 Å². The molecule has 0 bridgehead atoms. The van der Waals surface area contributed by atoms with Crippen LogP contribution in [0.25, 0.3) is 16.9 Å². The zero-order chi connectivity index (χ0) is 19.1. The molecule has 2 aromatic heterocycles. The van der Waals surface area contributed by atoms with Crippen molar-refractivity contribution in [3.05, 3.63) is 52.8 Å². The van der Waals surface area contributed by atoms with Gasteiger partial charge in [0, 0.05) is 5.56 Å². The number of nitrogens with zero attached hydrogens (tertiary/aromatic N) is 3. The number of hydrogen-bond donors (Lipinski definition) is 1. The third-order valence-electron chi connectivity index (χ3n) is 3.78. The molecule has 0 aliphatic carbocycles. The van der Waals surface area contributed by atoms with Gasteiger partial charge in [0.05, 0.1) is 11.9 Å². The summed E-state index contributed by atoms with van der Waals surface area (Å²) in [5, 5.41) is 12.6. The van der Waals surface area contributed by atoms with Crippen LogP contribution in [-0.2, 0) is 19.5 Å². The van der Waals surface area contributed by atoms with Crippen LogP contribution in [0.3, 0.4) is 0 Å². The van der Waals surface area contributed by atoms with Crippen molar-refractivity contribution >= 4 is 11.6 Å². The Labute approximate surface area is 142 Å². The minimum Gasteiger partial charge on any atom is -0.477 e. The van der Waals surface area contributed by atoms with Crippen molar-refractivity contribution in [2.75, 3.05) is 0 Å². The molecule has 10 heteroatoms. The van der Waals surface area contributed by atoms with Gasteiger partial charge in [-0.15, -0.1) is 0 Å². The fraction of sp³-hybridized carbons (Fsp3) is 0.188. The quantitative estimate of drug-likeness (QED) is 0.703. The molecule has 0 saturated carbocycles. The molecule has 0 aliphatic rings. The maximum atomic E-state index is 13.3. The highest BCUT2D eigenvalue weighted by Gasteiger charge is 2.36. The second-order valence-electron chi connectivity index (χ2n) is 5.37. The maximum absolute atomic E-state index is 13.3. The van der Waals surface area contributed by atoms with E-state index in [0.717, 1.165) is 6.20 Å². The first-order chi connectivity index (χ1) is 12.3. The Morgan fingerprint density at radius 1 is 1.12 bits per heavy atom. The van der Waals surface area contributed by atoms with E-state index in [1.165, 1.54) is 18.2 Å². The van der Waals surface area contributed by atoms with E-state index in [-0.39, 0.29) is 22.4 Å². The Hall–Kier alpha value is -3.04. The lowest BCUT2D eigenvalue weighted by Crippen LogP contribution is -2.14. The lowest BCUT2D eigenvalue weighted by molar-refractivity contribution is -0.142. The smallest absolute Gasteiger partial charge is 0.433 e. The molecule has 0 spiro atoms. The number of benzene rings is 1. The first-order valence-corrected chi connectivity index (χ1v) is 7.19. The molecule has 0 unspecified atom stereocenters. The van der Waals surface area contributed by atoms with E-state index >= 15 is 0 Å². The van der Waals surface area contributed by atoms with Gasteiger partial charge in [-0.2, -0.15) is 18.3 Å². The van der Waals surface area contributed by atoms with Crippen LogP contribution in [0.15, 0.2) is 30.5 Å². The first kappa shape index (κ1) is 17.8. The number of carboxylic acids is 1. The SMILES string of the molecule is O=C(O)c1cnn2c(C(F)(F)F)cc(-c3ccc(CF)c(CF)c3)nc12. The van der Waals surface area contributed by atoms with Gasteiger partial charge < -0.3 is 5.11 Å². The van der Waals surface area contributed by atoms with E-state index < -0.39 is 42.4 Å². The molecule has 0 aliphatic heterocycles. The molecule has 0 atom stereocenters. The van der Waals surface area contributed by atoms with Crippen molar-refractivity contribution in [1.82, 2.24) is 14.6 Å². The molecule has 2 heterocycles. The van der Waals surface area contributed by atoms with Gasteiger partial charge in [-0.25, -0.2) is 23.1 Å². The average molecular weight is 371 g/mol. The maximum Gasteiger partial charge on any atom is 0.433 e. The number of carboxylic acid groups (broad SMARTS) is 1. The lowest BCUT2D eigenvalue weighted by atomic mass is 10.0. The molecule has 1 aromatic carbocycles. The molecule has 0 amide bonds. The highest BCUT2D eigenvalue weighted by molar-refractivity contribution is 5.94. The number of alkyl halides is 5. The number of rotatable bonds is 4. The average Bonchev–Trinajstić information content (AvgIpc) is 3.03. The standard InChI is InChI=1S/C16H10F5N3O2/c17-5-9-2-1-8(3-10(9)6-18)12-4-13(16(19,20)21)24-14(23-12)11(7-22-24)15(25)26/h1-4,7H,5-6H2,(H,25,26). The topological polar surface area (TPSA) is 67.5 Å². The molecule has 3 rings (SSSR count). The summed E-state index contributed by atoms with van der Waals surface area (Å²) in [4.78, 5) is 15.1. The van der Waals surface area contributed by atoms with E-state index in [0.29, 0.717) is 10.6 Å². The second kappa shape index (κ2) is 6.36. The summed E-state index contributed by atoms with van der Waals surface area (Å²) >= 11 is 0. The highest BCUT2D eigenvalue weighted by atomic mass is 19.4. The molecular formula is C16H10F5N3O2. The molecule has 1 N–H and O–H groups in total. The minimum atomic E-state index is -4.83. The van der Waals surface area contributed by atoms with Gasteiger partial charge in [0.15, 0.2) is 11.3 Å². The Balaban J connectivity index is 2.30. The molecule has 5 nitrogen and oxygen atoms in total. The molecule has 26 heavy (non-hydrogen) atoms. The monoisotopic (exact) mass is 371 g/mol. The fourth-order valence-corrected chi connectivity index (χ4v) is 2.50. The van der Waals surface area contributed by atoms with Gasteiger partial charge in [0.25, 0.3) is 0 Å². The summed E-state index contributed by atoms with van der Waals surface area (Å²) in [7, 11) is 0. The van der Waals surface area contributed by atoms with Crippen LogP contribution in [0.4, 0.5) is 22.0 Å². The summed E-state index contributed by atoms with van der Waals surface area (Å²) in [5.41, 5.74) is -2.33. The molecule has 3 aromatic rings. The predicted octanol–water partition coefficient (Wildman–Crippen LogP) is 4.05. The van der Waals surface area contributed by atoms with Crippen molar-refractivity contribution in [1.29, 1.82) is 0 Å². The largest absolute Gasteiger partial charge is 0.477 e. The Morgan fingerprint density at radius 3 is 2.38 bits per heavy atom. The van der Waals surface area contributed by atoms with E-state index in [1.807, 2.05) is 0 Å². The Morgan fingerprint density at radius 2 is 1.81 bits per heavy atom. The summed E-state index contributed by atoms with van der Waals surface area (Å²) in [6.45, 7) is -1.93. The number of aromatic nitrogens is 3. The Kier molecular flexibility index (Phi) is 4.34. The summed E-state index contributed by atoms with van der Waals surface area (Å²) in [5.74, 6) is -1.49. The lowest BCUT2D eigenvalue weighted by Gasteiger charge is -2.12. The van der Waals surface area contributed by atoms with Crippen LogP contribution in [0.2, 0.25) is 0 Å². The minimum absolute atomic E-state index is 0.0211. The van der Waals surface area contributed by atoms with Gasteiger partial charge in [0.2, 0.25) is 0 Å². The van der Waals surface area contributed by atoms with Crippen molar-refractivity contribution < 1.29 is 31.9 Å². The fourth-order valence-electron chi connectivity index (χ4n) is 2.50. The normalized spacial score (nSPS) is 11.9. The van der Waals surface area contributed by atoms with E-state index in [1.54, 1.807) is 0 Å². The molecule has 0 saturated heterocycles. The number of carbonyl (C=O) groups is 1. The third-order valence-corrected chi connectivity index (χ3v) is 3.78. The van der Waals surface area contributed by atoms with Gasteiger partial charge in [-0.1, -0.05) is 12.1 Å². The molecule has 0 radical (unpaired) electrons. The van der Waals surface area contributed by atoms with Gasteiger partial charge >= 0.3 is 12.1 Å². The van der Waals surface area contributed by atoms with Crippen LogP contribution in [-0.4, -0.2) is 25.7 Å². The van der Waals surface area contributed by atoms with Gasteiger partial charge in [-0.3, -0.25) is 0 Å². The number of halogens is 5. The predicted molar refractivity (Wildman–Crippen MR) is 80.0 cm³/mol. The summed E-state index contributed by atoms with van der Waals surface area (Å²) in [6, 6.07) is 4.41. The van der Waals surface area contributed by atoms with E-state index in [2.05, 4.69) is 10.1 Å². The molecule has 136 valence electrons. The zero-order valence-corrected chi connectivity index (χ0v) is 12.9. The molecular weight excluding hydrogens is 361 g/mol. The van der Waals surface area contributed by atoms with Gasteiger partial charge in [0.1, 0.15) is 18.9 Å². The summed E-state index contributed by atoms with van der Waals surface area (Å²) in [6.07, 6.45) is -4.07. The van der Waals surface area contributed by atoms with Crippen LogP contribution >= 0.6 is 0 Å².